The molecule has 0 aliphatic rings. The van der Waals surface area contributed by atoms with Gasteiger partial charge in [0.05, 0.1) is 22.2 Å². The van der Waals surface area contributed by atoms with Crippen molar-refractivity contribution < 1.29 is 4.79 Å². The summed E-state index contributed by atoms with van der Waals surface area (Å²) in [6.07, 6.45) is 0. The number of nitrogens with one attached hydrogen (secondary N) is 1. The number of halogens is 1. The lowest BCUT2D eigenvalue weighted by atomic mass is 9.90. The van der Waals surface area contributed by atoms with Crippen LogP contribution in [-0.4, -0.2) is 26.2 Å². The number of aromatic nitrogens is 2. The second-order valence-electron chi connectivity index (χ2n) is 6.82. The molecule has 0 aliphatic heterocycles. The van der Waals surface area contributed by atoms with E-state index in [1.807, 2.05) is 26.8 Å². The molecule has 144 valence electrons. The molecular weight excluding hydrogens is 428 g/mol. The topological polar surface area (TPSA) is 87.8 Å². The molecule has 8 heteroatoms. The molecule has 0 bridgehead atoms. The van der Waals surface area contributed by atoms with Crippen molar-refractivity contribution in [1.82, 2.24) is 14.9 Å². The highest BCUT2D eigenvalue weighted by Crippen LogP contribution is 2.25. The number of fused-ring (bicyclic) bond motifs is 1. The Morgan fingerprint density at radius 3 is 2.67 bits per heavy atom. The lowest BCUT2D eigenvalue weighted by Gasteiger charge is -2.28. The van der Waals surface area contributed by atoms with E-state index in [2.05, 4.69) is 32.3 Å². The molecule has 1 amide bonds. The summed E-state index contributed by atoms with van der Waals surface area (Å²) in [5.74, 6) is -0.291. The van der Waals surface area contributed by atoms with E-state index in [9.17, 15) is 14.9 Å². The lowest BCUT2D eigenvalue weighted by Crippen LogP contribution is -2.51. The van der Waals surface area contributed by atoms with Crippen LogP contribution in [-0.2, 0) is 11.3 Å². The summed E-state index contributed by atoms with van der Waals surface area (Å²) in [6, 6.07) is 7.53. The van der Waals surface area contributed by atoms with Crippen molar-refractivity contribution in [1.29, 1.82) is 5.26 Å². The third-order valence-electron chi connectivity index (χ3n) is 4.62. The van der Waals surface area contributed by atoms with Gasteiger partial charge in [-0.25, -0.2) is 4.98 Å². The van der Waals surface area contributed by atoms with Crippen LogP contribution in [0, 0.1) is 17.2 Å². The molecule has 2 unspecified atom stereocenters. The van der Waals surface area contributed by atoms with E-state index in [0.29, 0.717) is 22.6 Å². The van der Waals surface area contributed by atoms with Gasteiger partial charge in [-0.1, -0.05) is 41.5 Å². The molecule has 2 aromatic rings. The molecular formula is C19H23BrN4O2S. The first-order valence-electron chi connectivity index (χ1n) is 8.73. The number of nitrogens with zero attached hydrogens (tertiary/aromatic N) is 3. The number of hydrogen-bond acceptors (Lipinski definition) is 5. The minimum Gasteiger partial charge on any atom is -0.337 e. The second-order valence-corrected chi connectivity index (χ2v) is 9.05. The van der Waals surface area contributed by atoms with Crippen molar-refractivity contribution in [3.8, 4) is 6.07 Å². The van der Waals surface area contributed by atoms with Crippen molar-refractivity contribution in [2.24, 2.45) is 5.92 Å². The molecule has 1 heterocycles. The third kappa shape index (κ3) is 4.53. The molecule has 2 atom stereocenters. The van der Waals surface area contributed by atoms with E-state index in [4.69, 9.17) is 0 Å². The van der Waals surface area contributed by atoms with Crippen LogP contribution in [0.3, 0.4) is 0 Å². The van der Waals surface area contributed by atoms with Gasteiger partial charge in [-0.3, -0.25) is 14.2 Å². The average molecular weight is 451 g/mol. The lowest BCUT2D eigenvalue weighted by molar-refractivity contribution is -0.121. The van der Waals surface area contributed by atoms with Crippen LogP contribution in [0.25, 0.3) is 10.9 Å². The standard InChI is InChI=1S/C19H23BrN4O2S/c1-6-24-17(26)14-9-13(20)7-8-15(14)22-18(24)27-12(4)16(25)23-19(5,10-21)11(2)3/h7-9,11-12H,6H2,1-5H3,(H,23,25). The maximum absolute atomic E-state index is 12.8. The number of nitriles is 1. The Morgan fingerprint density at radius 2 is 2.11 bits per heavy atom. The molecule has 0 fully saturated rings. The first kappa shape index (κ1) is 21.5. The summed E-state index contributed by atoms with van der Waals surface area (Å²) in [4.78, 5) is 30.0. The van der Waals surface area contributed by atoms with Crippen molar-refractivity contribution in [3.05, 3.63) is 33.0 Å². The predicted octanol–water partition coefficient (Wildman–Crippen LogP) is 3.71. The number of rotatable bonds is 6. The number of benzene rings is 1. The number of amides is 1. The van der Waals surface area contributed by atoms with Crippen LogP contribution in [0.4, 0.5) is 0 Å². The number of carbonyl (C=O) groups is 1. The fraction of sp³-hybridized carbons (Fsp3) is 0.474. The zero-order valence-electron chi connectivity index (χ0n) is 16.0. The molecule has 1 aromatic heterocycles. The number of hydrogen-bond donors (Lipinski definition) is 1. The van der Waals surface area contributed by atoms with E-state index in [0.717, 1.165) is 4.47 Å². The minimum absolute atomic E-state index is 0.0327. The second kappa shape index (κ2) is 8.44. The van der Waals surface area contributed by atoms with Gasteiger partial charge in [-0.2, -0.15) is 5.26 Å². The van der Waals surface area contributed by atoms with Gasteiger partial charge in [-0.15, -0.1) is 0 Å². The van der Waals surface area contributed by atoms with Crippen molar-refractivity contribution in [3.63, 3.8) is 0 Å². The smallest absolute Gasteiger partial charge is 0.262 e. The molecule has 0 spiro atoms. The Bertz CT molecular complexity index is 967. The van der Waals surface area contributed by atoms with Gasteiger partial charge in [0.25, 0.3) is 5.56 Å². The first-order valence-corrected chi connectivity index (χ1v) is 10.4. The highest BCUT2D eigenvalue weighted by atomic mass is 79.9. The van der Waals surface area contributed by atoms with E-state index >= 15 is 0 Å². The zero-order chi connectivity index (χ0) is 20.4. The summed E-state index contributed by atoms with van der Waals surface area (Å²) in [5, 5.41) is 12.7. The fourth-order valence-corrected chi connectivity index (χ4v) is 3.75. The van der Waals surface area contributed by atoms with Crippen molar-refractivity contribution in [2.75, 3.05) is 0 Å². The molecule has 2 rings (SSSR count). The predicted molar refractivity (Wildman–Crippen MR) is 112 cm³/mol. The Labute approximate surface area is 171 Å². The Morgan fingerprint density at radius 1 is 1.44 bits per heavy atom. The van der Waals surface area contributed by atoms with Crippen LogP contribution >= 0.6 is 27.7 Å². The largest absolute Gasteiger partial charge is 0.337 e. The number of thioether (sulfide) groups is 1. The average Bonchev–Trinajstić information content (AvgIpc) is 2.62. The van der Waals surface area contributed by atoms with E-state index in [1.54, 1.807) is 30.5 Å². The summed E-state index contributed by atoms with van der Waals surface area (Å²) < 4.78 is 2.38. The SMILES string of the molecule is CCn1c(SC(C)C(=O)NC(C)(C#N)C(C)C)nc2ccc(Br)cc2c1=O. The summed E-state index contributed by atoms with van der Waals surface area (Å²) in [6.45, 7) is 9.55. The molecule has 6 nitrogen and oxygen atoms in total. The molecule has 1 N–H and O–H groups in total. The molecule has 0 saturated carbocycles. The van der Waals surface area contributed by atoms with Crippen molar-refractivity contribution in [2.45, 2.75) is 57.1 Å². The first-order chi connectivity index (χ1) is 12.6. The van der Waals surface area contributed by atoms with Gasteiger partial charge >= 0.3 is 0 Å². The van der Waals surface area contributed by atoms with Gasteiger partial charge in [-0.05, 0) is 44.9 Å². The van der Waals surface area contributed by atoms with Crippen LogP contribution < -0.4 is 10.9 Å². The summed E-state index contributed by atoms with van der Waals surface area (Å²) in [5.41, 5.74) is -0.491. The van der Waals surface area contributed by atoms with Gasteiger partial charge < -0.3 is 5.32 Å². The minimum atomic E-state index is -0.945. The van der Waals surface area contributed by atoms with Crippen LogP contribution in [0.2, 0.25) is 0 Å². The summed E-state index contributed by atoms with van der Waals surface area (Å²) in [7, 11) is 0. The highest BCUT2D eigenvalue weighted by Gasteiger charge is 2.32. The van der Waals surface area contributed by atoms with Gasteiger partial charge in [0.15, 0.2) is 5.16 Å². The van der Waals surface area contributed by atoms with Crippen LogP contribution in [0.1, 0.15) is 34.6 Å². The van der Waals surface area contributed by atoms with E-state index in [1.165, 1.54) is 11.8 Å². The van der Waals surface area contributed by atoms with E-state index in [-0.39, 0.29) is 17.4 Å². The highest BCUT2D eigenvalue weighted by molar-refractivity contribution is 9.10. The zero-order valence-corrected chi connectivity index (χ0v) is 18.4. The van der Waals surface area contributed by atoms with E-state index < -0.39 is 10.8 Å². The molecule has 27 heavy (non-hydrogen) atoms. The molecule has 0 saturated heterocycles. The molecule has 0 aliphatic carbocycles. The van der Waals surface area contributed by atoms with Gasteiger partial charge in [0, 0.05) is 11.0 Å². The number of carbonyl (C=O) groups excluding carboxylic acids is 1. The van der Waals surface area contributed by atoms with Gasteiger partial charge in [0.2, 0.25) is 5.91 Å². The molecule has 1 aromatic carbocycles. The van der Waals surface area contributed by atoms with Crippen LogP contribution in [0.5, 0.6) is 0 Å². The Balaban J connectivity index is 2.35. The Kier molecular flexibility index (Phi) is 6.71. The van der Waals surface area contributed by atoms with Gasteiger partial charge in [0.1, 0.15) is 5.54 Å². The maximum Gasteiger partial charge on any atom is 0.262 e. The Hall–Kier alpha value is -1.85. The fourth-order valence-electron chi connectivity index (χ4n) is 2.41. The quantitative estimate of drug-likeness (QED) is 0.535. The molecule has 0 radical (unpaired) electrons. The van der Waals surface area contributed by atoms with Crippen LogP contribution in [0.15, 0.2) is 32.6 Å². The summed E-state index contributed by atoms with van der Waals surface area (Å²) >= 11 is 4.59. The maximum atomic E-state index is 12.8. The monoisotopic (exact) mass is 450 g/mol. The van der Waals surface area contributed by atoms with Crippen molar-refractivity contribution >= 4 is 44.5 Å². The normalized spacial score (nSPS) is 14.6. The third-order valence-corrected chi connectivity index (χ3v) is 6.20.